The molecule has 0 unspecified atom stereocenters. The van der Waals surface area contributed by atoms with Crippen molar-refractivity contribution >= 4 is 22.3 Å². The molecule has 0 aliphatic carbocycles. The lowest BCUT2D eigenvalue weighted by molar-refractivity contribution is -0.136. The van der Waals surface area contributed by atoms with Crippen LogP contribution in [-0.4, -0.2) is 30.7 Å². The van der Waals surface area contributed by atoms with E-state index in [1.54, 1.807) is 16.9 Å². The molecule has 3 aromatic heterocycles. The molecule has 6 nitrogen and oxygen atoms in total. The lowest BCUT2D eigenvalue weighted by atomic mass is 10.3. The highest BCUT2D eigenvalue weighted by atomic mass is 32.1. The summed E-state index contributed by atoms with van der Waals surface area (Å²) in [7, 11) is 0. The Hall–Kier alpha value is -2.28. The predicted molar refractivity (Wildman–Crippen MR) is 65.4 cm³/mol. The fraction of sp³-hybridized carbons (Fsp3) is 0.0909. The zero-order valence-corrected chi connectivity index (χ0v) is 9.96. The number of rotatable bonds is 3. The Morgan fingerprint density at radius 3 is 3.00 bits per heavy atom. The van der Waals surface area contributed by atoms with Gasteiger partial charge in [-0.25, -0.2) is 9.50 Å². The average Bonchev–Trinajstić information content (AvgIpc) is 2.87. The molecule has 90 valence electrons. The summed E-state index contributed by atoms with van der Waals surface area (Å²) in [5.41, 5.74) is 1.29. The Kier molecular flexibility index (Phi) is 2.52. The molecule has 3 heterocycles. The van der Waals surface area contributed by atoms with Crippen LogP contribution in [0.15, 0.2) is 30.6 Å². The Labute approximate surface area is 106 Å². The van der Waals surface area contributed by atoms with Crippen LogP contribution in [-0.2, 0) is 11.2 Å². The first-order chi connectivity index (χ1) is 8.72. The second kappa shape index (κ2) is 4.19. The summed E-state index contributed by atoms with van der Waals surface area (Å²) in [4.78, 5) is 19.7. The van der Waals surface area contributed by atoms with Gasteiger partial charge in [0.05, 0.1) is 18.3 Å². The molecule has 3 rings (SSSR count). The minimum atomic E-state index is -0.897. The summed E-state index contributed by atoms with van der Waals surface area (Å²) >= 11 is 1.38. The molecule has 0 aliphatic rings. The zero-order valence-electron chi connectivity index (χ0n) is 9.15. The SMILES string of the molecule is O=C(O)Cc1cn2nc(-c3ccccn3)sc2n1. The smallest absolute Gasteiger partial charge is 0.309 e. The van der Waals surface area contributed by atoms with E-state index in [-0.39, 0.29) is 6.42 Å². The van der Waals surface area contributed by atoms with E-state index in [0.717, 1.165) is 10.7 Å². The molecular weight excluding hydrogens is 252 g/mol. The molecule has 0 spiro atoms. The van der Waals surface area contributed by atoms with E-state index in [9.17, 15) is 4.79 Å². The largest absolute Gasteiger partial charge is 0.481 e. The molecule has 18 heavy (non-hydrogen) atoms. The van der Waals surface area contributed by atoms with Crippen LogP contribution in [0.1, 0.15) is 5.69 Å². The van der Waals surface area contributed by atoms with E-state index in [4.69, 9.17) is 5.11 Å². The first-order valence-electron chi connectivity index (χ1n) is 5.20. The van der Waals surface area contributed by atoms with Crippen molar-refractivity contribution in [2.24, 2.45) is 0 Å². The van der Waals surface area contributed by atoms with Gasteiger partial charge in [-0.15, -0.1) is 0 Å². The zero-order chi connectivity index (χ0) is 12.5. The fourth-order valence-corrected chi connectivity index (χ4v) is 2.46. The van der Waals surface area contributed by atoms with E-state index in [1.807, 2.05) is 18.2 Å². The second-order valence-corrected chi connectivity index (χ2v) is 4.61. The van der Waals surface area contributed by atoms with Gasteiger partial charge in [-0.2, -0.15) is 5.10 Å². The molecule has 0 fully saturated rings. The molecule has 0 amide bonds. The highest BCUT2D eigenvalue weighted by Crippen LogP contribution is 2.23. The number of pyridine rings is 1. The molecule has 0 saturated carbocycles. The number of carboxylic acids is 1. The number of aromatic nitrogens is 4. The van der Waals surface area contributed by atoms with Crippen LogP contribution in [0.3, 0.4) is 0 Å². The quantitative estimate of drug-likeness (QED) is 0.771. The van der Waals surface area contributed by atoms with E-state index in [2.05, 4.69) is 15.1 Å². The average molecular weight is 260 g/mol. The number of imidazole rings is 1. The van der Waals surface area contributed by atoms with Crippen molar-refractivity contribution in [3.8, 4) is 10.7 Å². The van der Waals surface area contributed by atoms with Gasteiger partial charge in [-0.3, -0.25) is 9.78 Å². The van der Waals surface area contributed by atoms with Gasteiger partial charge in [0.25, 0.3) is 0 Å². The Morgan fingerprint density at radius 1 is 1.44 bits per heavy atom. The second-order valence-electron chi connectivity index (χ2n) is 3.65. The topological polar surface area (TPSA) is 80.4 Å². The molecule has 3 aromatic rings. The van der Waals surface area contributed by atoms with Crippen LogP contribution in [0.5, 0.6) is 0 Å². The third-order valence-electron chi connectivity index (χ3n) is 2.31. The van der Waals surface area contributed by atoms with Gasteiger partial charge in [0.15, 0.2) is 5.01 Å². The molecule has 1 N–H and O–H groups in total. The van der Waals surface area contributed by atoms with E-state index in [0.29, 0.717) is 10.7 Å². The minimum absolute atomic E-state index is 0.0883. The summed E-state index contributed by atoms with van der Waals surface area (Å²) < 4.78 is 1.59. The van der Waals surface area contributed by atoms with E-state index < -0.39 is 5.97 Å². The molecule has 0 bridgehead atoms. The lowest BCUT2D eigenvalue weighted by Crippen LogP contribution is -1.99. The van der Waals surface area contributed by atoms with E-state index in [1.165, 1.54) is 11.3 Å². The maximum absolute atomic E-state index is 10.6. The molecule has 0 aromatic carbocycles. The molecular formula is C11H8N4O2S. The van der Waals surface area contributed by atoms with Crippen molar-refractivity contribution < 1.29 is 9.90 Å². The maximum Gasteiger partial charge on any atom is 0.309 e. The maximum atomic E-state index is 10.6. The van der Waals surface area contributed by atoms with Crippen molar-refractivity contribution in [1.82, 2.24) is 19.6 Å². The first-order valence-corrected chi connectivity index (χ1v) is 6.02. The molecule has 7 heteroatoms. The molecule has 0 atom stereocenters. The van der Waals surface area contributed by atoms with Gasteiger partial charge < -0.3 is 5.11 Å². The van der Waals surface area contributed by atoms with Crippen LogP contribution in [0.4, 0.5) is 0 Å². The third-order valence-corrected chi connectivity index (χ3v) is 3.25. The van der Waals surface area contributed by atoms with Crippen LogP contribution >= 0.6 is 11.3 Å². The first kappa shape index (κ1) is 10.8. The lowest BCUT2D eigenvalue weighted by Gasteiger charge is -1.91. The number of hydrogen-bond donors (Lipinski definition) is 1. The van der Waals surface area contributed by atoms with Crippen molar-refractivity contribution in [1.29, 1.82) is 0 Å². The third kappa shape index (κ3) is 1.95. The summed E-state index contributed by atoms with van der Waals surface area (Å²) in [5.74, 6) is -0.897. The van der Waals surface area contributed by atoms with Gasteiger partial charge in [-0.1, -0.05) is 17.4 Å². The minimum Gasteiger partial charge on any atom is -0.481 e. The van der Waals surface area contributed by atoms with Crippen LogP contribution in [0.25, 0.3) is 15.7 Å². The predicted octanol–water partition coefficient (Wildman–Crippen LogP) is 1.48. The summed E-state index contributed by atoms with van der Waals surface area (Å²) in [6, 6.07) is 5.60. The highest BCUT2D eigenvalue weighted by Gasteiger charge is 2.11. The number of nitrogens with zero attached hydrogens (tertiary/aromatic N) is 4. The van der Waals surface area contributed by atoms with E-state index >= 15 is 0 Å². The number of fused-ring (bicyclic) bond motifs is 1. The van der Waals surface area contributed by atoms with Crippen molar-refractivity contribution in [2.75, 3.05) is 0 Å². The number of carboxylic acid groups (broad SMARTS) is 1. The van der Waals surface area contributed by atoms with Gasteiger partial charge in [0, 0.05) is 6.20 Å². The van der Waals surface area contributed by atoms with Crippen LogP contribution < -0.4 is 0 Å². The van der Waals surface area contributed by atoms with Gasteiger partial charge in [0.2, 0.25) is 4.96 Å². The summed E-state index contributed by atoms with van der Waals surface area (Å²) in [5, 5.41) is 13.8. The number of carbonyl (C=O) groups is 1. The normalized spacial score (nSPS) is 10.9. The standard InChI is InChI=1S/C11H8N4O2S/c16-9(17)5-7-6-15-11(13-7)18-10(14-15)8-3-1-2-4-12-8/h1-4,6H,5H2,(H,16,17). The number of hydrogen-bond acceptors (Lipinski definition) is 5. The Morgan fingerprint density at radius 2 is 2.33 bits per heavy atom. The monoisotopic (exact) mass is 260 g/mol. The Balaban J connectivity index is 1.98. The fourth-order valence-electron chi connectivity index (χ4n) is 1.58. The van der Waals surface area contributed by atoms with Crippen molar-refractivity contribution in [3.63, 3.8) is 0 Å². The van der Waals surface area contributed by atoms with Crippen LogP contribution in [0.2, 0.25) is 0 Å². The molecule has 0 radical (unpaired) electrons. The molecule has 0 aliphatic heterocycles. The van der Waals surface area contributed by atoms with Crippen LogP contribution in [0, 0.1) is 0 Å². The summed E-state index contributed by atoms with van der Waals surface area (Å²) in [6.07, 6.45) is 3.25. The number of aliphatic carboxylic acids is 1. The van der Waals surface area contributed by atoms with Gasteiger partial charge in [-0.05, 0) is 12.1 Å². The van der Waals surface area contributed by atoms with Gasteiger partial charge >= 0.3 is 5.97 Å². The molecule has 0 saturated heterocycles. The van der Waals surface area contributed by atoms with Crippen molar-refractivity contribution in [2.45, 2.75) is 6.42 Å². The summed E-state index contributed by atoms with van der Waals surface area (Å²) in [6.45, 7) is 0. The Bertz CT molecular complexity index is 673. The van der Waals surface area contributed by atoms with Crippen molar-refractivity contribution in [3.05, 3.63) is 36.3 Å². The van der Waals surface area contributed by atoms with Gasteiger partial charge in [0.1, 0.15) is 5.69 Å². The highest BCUT2D eigenvalue weighted by molar-refractivity contribution is 7.19.